The number of carbonyl (C=O) groups is 4. The van der Waals surface area contributed by atoms with E-state index in [-0.39, 0.29) is 35.6 Å². The summed E-state index contributed by atoms with van der Waals surface area (Å²) in [6.45, 7) is 3.67. The number of hydrogen-bond donors (Lipinski definition) is 1. The average Bonchev–Trinajstić information content (AvgIpc) is 3.20. The number of rotatable bonds is 4. The Hall–Kier alpha value is -4.26. The number of imide groups is 1. The molecule has 2 aromatic rings. The molecule has 0 saturated carbocycles. The van der Waals surface area contributed by atoms with Crippen LogP contribution in [0.1, 0.15) is 43.7 Å². The maximum absolute atomic E-state index is 14.0. The van der Waals surface area contributed by atoms with E-state index < -0.39 is 23.7 Å². The molecule has 0 aromatic heterocycles. The number of carbonyl (C=O) groups excluding carboxylic acids is 4. The summed E-state index contributed by atoms with van der Waals surface area (Å²) >= 11 is 0. The predicted octanol–water partition coefficient (Wildman–Crippen LogP) is 4.60. The fourth-order valence-electron chi connectivity index (χ4n) is 6.78. The molecule has 6 rings (SSSR count). The summed E-state index contributed by atoms with van der Waals surface area (Å²) in [4.78, 5) is 55.6. The van der Waals surface area contributed by atoms with Gasteiger partial charge in [-0.15, -0.1) is 0 Å². The molecule has 4 unspecified atom stereocenters. The highest BCUT2D eigenvalue weighted by Crippen LogP contribution is 2.55. The molecule has 1 saturated heterocycles. The molecule has 2 amide bonds. The lowest BCUT2D eigenvalue weighted by molar-refractivity contribution is -0.123. The maximum Gasteiger partial charge on any atom is 0.238 e. The Morgan fingerprint density at radius 1 is 1.00 bits per heavy atom. The summed E-state index contributed by atoms with van der Waals surface area (Å²) < 4.78 is 5.21. The van der Waals surface area contributed by atoms with Gasteiger partial charge in [0.25, 0.3) is 0 Å². The zero-order valence-corrected chi connectivity index (χ0v) is 22.1. The molecule has 1 N–H and O–H groups in total. The van der Waals surface area contributed by atoms with Gasteiger partial charge in [0.05, 0.1) is 24.6 Å². The summed E-state index contributed by atoms with van der Waals surface area (Å²) in [5.41, 5.74) is 4.29. The number of allylic oxidation sites excluding steroid dienone is 6. The third-order valence-electron chi connectivity index (χ3n) is 8.70. The number of amides is 2. The third-order valence-corrected chi connectivity index (χ3v) is 8.70. The van der Waals surface area contributed by atoms with Gasteiger partial charge >= 0.3 is 0 Å². The molecule has 1 aliphatic heterocycles. The number of ketones is 2. The molecule has 4 aliphatic rings. The van der Waals surface area contributed by atoms with Gasteiger partial charge in [0, 0.05) is 22.6 Å². The first-order valence-corrected chi connectivity index (χ1v) is 13.3. The van der Waals surface area contributed by atoms with Gasteiger partial charge in [-0.05, 0) is 73.6 Å². The van der Waals surface area contributed by atoms with E-state index >= 15 is 0 Å². The van der Waals surface area contributed by atoms with Crippen LogP contribution in [0.3, 0.4) is 0 Å². The van der Waals surface area contributed by atoms with Crippen LogP contribution in [0.25, 0.3) is 0 Å². The summed E-state index contributed by atoms with van der Waals surface area (Å²) in [5, 5.41) is 10.6. The van der Waals surface area contributed by atoms with Crippen LogP contribution in [0.4, 0.5) is 5.69 Å². The fraction of sp³-hybridized carbons (Fsp3) is 0.312. The van der Waals surface area contributed by atoms with Crippen LogP contribution in [0, 0.1) is 17.8 Å². The minimum absolute atomic E-state index is 0.0799. The second-order valence-corrected chi connectivity index (χ2v) is 10.7. The van der Waals surface area contributed by atoms with Gasteiger partial charge in [-0.3, -0.25) is 24.1 Å². The number of methoxy groups -OCH3 is 1. The Kier molecular flexibility index (Phi) is 5.90. The number of benzene rings is 2. The second-order valence-electron chi connectivity index (χ2n) is 10.7. The molecular weight excluding hydrogens is 494 g/mol. The number of fused-ring (bicyclic) bond motifs is 3. The van der Waals surface area contributed by atoms with E-state index in [2.05, 4.69) is 0 Å². The number of aryl methyl sites for hydroxylation is 1. The normalized spacial score (nSPS) is 26.2. The van der Waals surface area contributed by atoms with Gasteiger partial charge in [0.2, 0.25) is 11.8 Å². The molecule has 7 heteroatoms. The second kappa shape index (κ2) is 9.19. The average molecular weight is 524 g/mol. The fourth-order valence-corrected chi connectivity index (χ4v) is 6.78. The highest BCUT2D eigenvalue weighted by molar-refractivity contribution is 6.25. The van der Waals surface area contributed by atoms with Crippen LogP contribution < -0.4 is 9.64 Å². The molecule has 1 heterocycles. The van der Waals surface area contributed by atoms with Crippen molar-refractivity contribution in [2.24, 2.45) is 17.8 Å². The zero-order chi connectivity index (χ0) is 27.6. The van der Waals surface area contributed by atoms with Crippen LogP contribution in [0.15, 0.2) is 76.9 Å². The van der Waals surface area contributed by atoms with Crippen molar-refractivity contribution in [3.63, 3.8) is 0 Å². The molecule has 3 aliphatic carbocycles. The van der Waals surface area contributed by atoms with E-state index in [4.69, 9.17) is 4.74 Å². The van der Waals surface area contributed by atoms with E-state index in [9.17, 15) is 24.3 Å². The summed E-state index contributed by atoms with van der Waals surface area (Å²) in [6.07, 6.45) is 4.78. The van der Waals surface area contributed by atoms with Crippen molar-refractivity contribution >= 4 is 29.1 Å². The van der Waals surface area contributed by atoms with Crippen LogP contribution in [-0.4, -0.2) is 35.6 Å². The molecule has 0 bridgehead atoms. The van der Waals surface area contributed by atoms with Crippen LogP contribution in [-0.2, 0) is 25.6 Å². The van der Waals surface area contributed by atoms with Crippen LogP contribution in [0.2, 0.25) is 0 Å². The van der Waals surface area contributed by atoms with Crippen molar-refractivity contribution in [3.05, 3.63) is 88.0 Å². The summed E-state index contributed by atoms with van der Waals surface area (Å²) in [5.74, 6) is -2.94. The standard InChI is InChI=1S/C32H29NO6/c1-4-17-5-8-19(9-6-17)33-31(37)21-11-10-20-22(28(21)32(33)38)15-23-29(25(35)13-16(2)30(23)36)27(20)18-7-12-26(39-3)24(34)14-18/h5-10,12-14,21-22,27-28,34H,4,11,15H2,1-3H3. The van der Waals surface area contributed by atoms with Gasteiger partial charge in [-0.25, -0.2) is 0 Å². The highest BCUT2D eigenvalue weighted by atomic mass is 16.5. The van der Waals surface area contributed by atoms with Crippen molar-refractivity contribution in [1.29, 1.82) is 0 Å². The molecule has 7 nitrogen and oxygen atoms in total. The lowest BCUT2D eigenvalue weighted by Crippen LogP contribution is -2.39. The van der Waals surface area contributed by atoms with Gasteiger partial charge < -0.3 is 9.84 Å². The smallest absolute Gasteiger partial charge is 0.238 e. The molecule has 4 atom stereocenters. The first-order valence-electron chi connectivity index (χ1n) is 13.3. The minimum Gasteiger partial charge on any atom is -0.504 e. The number of phenols is 1. The summed E-state index contributed by atoms with van der Waals surface area (Å²) in [7, 11) is 1.46. The van der Waals surface area contributed by atoms with Gasteiger partial charge in [-0.2, -0.15) is 0 Å². The van der Waals surface area contributed by atoms with E-state index in [0.717, 1.165) is 17.6 Å². The Labute approximate surface area is 226 Å². The van der Waals surface area contributed by atoms with Crippen molar-refractivity contribution < 1.29 is 29.0 Å². The molecule has 0 radical (unpaired) electrons. The molecule has 1 fully saturated rings. The Balaban J connectivity index is 1.46. The van der Waals surface area contributed by atoms with Gasteiger partial charge in [-0.1, -0.05) is 36.8 Å². The number of nitrogens with zero attached hydrogens (tertiary/aromatic N) is 1. The van der Waals surface area contributed by atoms with E-state index in [0.29, 0.717) is 40.1 Å². The lowest BCUT2D eigenvalue weighted by Gasteiger charge is -2.42. The third kappa shape index (κ3) is 3.71. The first-order chi connectivity index (χ1) is 18.7. The Morgan fingerprint density at radius 3 is 2.41 bits per heavy atom. The molecular formula is C32H29NO6. The molecule has 198 valence electrons. The van der Waals surface area contributed by atoms with E-state index in [1.807, 2.05) is 37.3 Å². The minimum atomic E-state index is -0.638. The van der Waals surface area contributed by atoms with Crippen molar-refractivity contribution in [1.82, 2.24) is 0 Å². The topological polar surface area (TPSA) is 101 Å². The van der Waals surface area contributed by atoms with Gasteiger partial charge in [0.15, 0.2) is 23.1 Å². The number of hydrogen-bond acceptors (Lipinski definition) is 6. The number of phenolic OH excluding ortho intramolecular Hbond substituents is 1. The van der Waals surface area contributed by atoms with E-state index in [1.165, 1.54) is 18.1 Å². The number of ether oxygens (including phenoxy) is 1. The van der Waals surface area contributed by atoms with Crippen LogP contribution >= 0.6 is 0 Å². The quantitative estimate of drug-likeness (QED) is 0.357. The predicted molar refractivity (Wildman–Crippen MR) is 144 cm³/mol. The van der Waals surface area contributed by atoms with Crippen LogP contribution in [0.5, 0.6) is 11.5 Å². The van der Waals surface area contributed by atoms with Crippen molar-refractivity contribution in [2.45, 2.75) is 39.0 Å². The zero-order valence-electron chi connectivity index (χ0n) is 22.1. The van der Waals surface area contributed by atoms with Crippen molar-refractivity contribution in [2.75, 3.05) is 12.0 Å². The van der Waals surface area contributed by atoms with Crippen molar-refractivity contribution in [3.8, 4) is 11.5 Å². The SMILES string of the molecule is CCc1ccc(N2C(=O)C3CC=C4C(c5ccc(OC)c(O)c5)C5=C(CC4C3C2=O)C(=O)C(C)=CC5=O)cc1. The molecule has 39 heavy (non-hydrogen) atoms. The number of aromatic hydroxyl groups is 1. The van der Waals surface area contributed by atoms with E-state index in [1.54, 1.807) is 25.1 Å². The Morgan fingerprint density at radius 2 is 1.74 bits per heavy atom. The van der Waals surface area contributed by atoms with Gasteiger partial charge in [0.1, 0.15) is 0 Å². The lowest BCUT2D eigenvalue weighted by atomic mass is 9.59. The number of anilines is 1. The Bertz CT molecular complexity index is 1540. The summed E-state index contributed by atoms with van der Waals surface area (Å²) in [6, 6.07) is 12.4. The largest absolute Gasteiger partial charge is 0.504 e. The maximum atomic E-state index is 14.0. The highest BCUT2D eigenvalue weighted by Gasteiger charge is 2.56. The first kappa shape index (κ1) is 25.0. The molecule has 2 aromatic carbocycles. The monoisotopic (exact) mass is 523 g/mol. The molecule has 0 spiro atoms. The number of Topliss-reactive ketones (excluding diaryl/α,β-unsaturated/α-hetero) is 1.